The second-order valence-electron chi connectivity index (χ2n) is 3.82. The molecule has 0 unspecified atom stereocenters. The number of carbonyl (C=O) groups excluding carboxylic acids is 1. The Hall–Kier alpha value is -2.47. The minimum Gasteiger partial charge on any atom is -0.477 e. The Balaban J connectivity index is 2.21. The van der Waals surface area contributed by atoms with E-state index in [0.29, 0.717) is 0 Å². The molecule has 2 rings (SSSR count). The molecule has 1 aromatic heterocycles. The molecule has 1 heterocycles. The maximum absolute atomic E-state index is 13.0. The first-order valence-electron chi connectivity index (χ1n) is 5.43. The Bertz CT molecular complexity index is 691. The molecule has 0 aliphatic heterocycles. The number of nitrogens with zero attached hydrogens (tertiary/aromatic N) is 1. The molecule has 102 valence electrons. The highest BCUT2D eigenvalue weighted by Gasteiger charge is 2.11. The lowest BCUT2D eigenvalue weighted by Crippen LogP contribution is -2.13. The number of amides is 1. The van der Waals surface area contributed by atoms with Crippen molar-refractivity contribution < 1.29 is 19.1 Å². The zero-order valence-electron chi connectivity index (χ0n) is 9.93. The number of benzene rings is 1. The summed E-state index contributed by atoms with van der Waals surface area (Å²) in [6.07, 6.45) is 1.26. The Kier molecular flexibility index (Phi) is 3.95. The molecular formula is C13H8ClFN2O3. The average molecular weight is 295 g/mol. The fourth-order valence-corrected chi connectivity index (χ4v) is 1.65. The summed E-state index contributed by atoms with van der Waals surface area (Å²) in [7, 11) is 0. The van der Waals surface area contributed by atoms with Crippen LogP contribution in [0, 0.1) is 5.82 Å². The van der Waals surface area contributed by atoms with Crippen molar-refractivity contribution in [3.05, 3.63) is 58.6 Å². The van der Waals surface area contributed by atoms with E-state index in [1.165, 1.54) is 30.5 Å². The highest BCUT2D eigenvalue weighted by Crippen LogP contribution is 2.17. The zero-order valence-corrected chi connectivity index (χ0v) is 10.7. The third kappa shape index (κ3) is 3.10. The molecule has 0 spiro atoms. The lowest BCUT2D eigenvalue weighted by atomic mass is 10.2. The van der Waals surface area contributed by atoms with Crippen molar-refractivity contribution >= 4 is 29.2 Å². The number of hydrogen-bond donors (Lipinski definition) is 2. The SMILES string of the molecule is O=C(Nc1ccnc(C(=O)O)c1)c1ccc(F)c(Cl)c1. The normalized spacial score (nSPS) is 10.1. The van der Waals surface area contributed by atoms with E-state index in [1.54, 1.807) is 0 Å². The van der Waals surface area contributed by atoms with Crippen LogP contribution in [-0.2, 0) is 0 Å². The summed E-state index contributed by atoms with van der Waals surface area (Å²) >= 11 is 5.58. The molecule has 2 N–H and O–H groups in total. The average Bonchev–Trinajstić information content (AvgIpc) is 2.42. The maximum Gasteiger partial charge on any atom is 0.354 e. The number of hydrogen-bond acceptors (Lipinski definition) is 3. The van der Waals surface area contributed by atoms with Crippen LogP contribution < -0.4 is 5.32 Å². The number of pyridine rings is 1. The number of nitrogens with one attached hydrogen (secondary N) is 1. The summed E-state index contributed by atoms with van der Waals surface area (Å²) in [5, 5.41) is 11.1. The number of anilines is 1. The number of aromatic nitrogens is 1. The van der Waals surface area contributed by atoms with Crippen LogP contribution in [-0.4, -0.2) is 22.0 Å². The minimum absolute atomic E-state index is 0.157. The smallest absolute Gasteiger partial charge is 0.354 e. The summed E-state index contributed by atoms with van der Waals surface area (Å²) in [6.45, 7) is 0. The first kappa shape index (κ1) is 14.0. The molecule has 1 aromatic carbocycles. The van der Waals surface area contributed by atoms with Gasteiger partial charge in [-0.05, 0) is 30.3 Å². The van der Waals surface area contributed by atoms with Crippen molar-refractivity contribution in [3.63, 3.8) is 0 Å². The van der Waals surface area contributed by atoms with Crippen LogP contribution in [0.1, 0.15) is 20.8 Å². The highest BCUT2D eigenvalue weighted by molar-refractivity contribution is 6.31. The number of carboxylic acid groups (broad SMARTS) is 1. The van der Waals surface area contributed by atoms with Gasteiger partial charge in [-0.3, -0.25) is 4.79 Å². The van der Waals surface area contributed by atoms with Crippen molar-refractivity contribution in [3.8, 4) is 0 Å². The summed E-state index contributed by atoms with van der Waals surface area (Å²) in [4.78, 5) is 26.3. The quantitative estimate of drug-likeness (QED) is 0.912. The van der Waals surface area contributed by atoms with Crippen LogP contribution >= 0.6 is 11.6 Å². The lowest BCUT2D eigenvalue weighted by molar-refractivity contribution is 0.0690. The van der Waals surface area contributed by atoms with Crippen LogP contribution in [0.5, 0.6) is 0 Å². The third-order valence-electron chi connectivity index (χ3n) is 2.42. The van der Waals surface area contributed by atoms with Gasteiger partial charge in [0.2, 0.25) is 0 Å². The lowest BCUT2D eigenvalue weighted by Gasteiger charge is -2.06. The van der Waals surface area contributed by atoms with Crippen molar-refractivity contribution in [2.45, 2.75) is 0 Å². The number of rotatable bonds is 3. The van der Waals surface area contributed by atoms with E-state index in [-0.39, 0.29) is 22.0 Å². The number of carbonyl (C=O) groups is 2. The van der Waals surface area contributed by atoms with Gasteiger partial charge >= 0.3 is 5.97 Å². The predicted molar refractivity (Wildman–Crippen MR) is 70.6 cm³/mol. The number of carboxylic acids is 1. The largest absolute Gasteiger partial charge is 0.477 e. The van der Waals surface area contributed by atoms with E-state index in [1.807, 2.05) is 0 Å². The number of halogens is 2. The van der Waals surface area contributed by atoms with Gasteiger partial charge in [-0.1, -0.05) is 11.6 Å². The van der Waals surface area contributed by atoms with Gasteiger partial charge in [0.15, 0.2) is 0 Å². The second kappa shape index (κ2) is 5.66. The van der Waals surface area contributed by atoms with Crippen molar-refractivity contribution in [1.29, 1.82) is 0 Å². The Labute approximate surface area is 118 Å². The summed E-state index contributed by atoms with van der Waals surface area (Å²) < 4.78 is 13.0. The van der Waals surface area contributed by atoms with E-state index < -0.39 is 17.7 Å². The fraction of sp³-hybridized carbons (Fsp3) is 0. The zero-order chi connectivity index (χ0) is 14.7. The van der Waals surface area contributed by atoms with Crippen molar-refractivity contribution in [2.75, 3.05) is 5.32 Å². The van der Waals surface area contributed by atoms with E-state index in [4.69, 9.17) is 16.7 Å². The van der Waals surface area contributed by atoms with Gasteiger partial charge in [0.1, 0.15) is 11.5 Å². The van der Waals surface area contributed by atoms with Crippen molar-refractivity contribution in [1.82, 2.24) is 4.98 Å². The van der Waals surface area contributed by atoms with Gasteiger partial charge in [-0.15, -0.1) is 0 Å². The standard InChI is InChI=1S/C13H8ClFN2O3/c14-9-5-7(1-2-10(9)15)12(18)17-8-3-4-16-11(6-8)13(19)20/h1-6H,(H,19,20)(H,16,17,18). The molecule has 2 aromatic rings. The molecule has 0 saturated heterocycles. The second-order valence-corrected chi connectivity index (χ2v) is 4.23. The van der Waals surface area contributed by atoms with Gasteiger partial charge in [-0.25, -0.2) is 14.2 Å². The van der Waals surface area contributed by atoms with Gasteiger partial charge in [-0.2, -0.15) is 0 Å². The van der Waals surface area contributed by atoms with Gasteiger partial charge in [0, 0.05) is 17.4 Å². The summed E-state index contributed by atoms with van der Waals surface area (Å²) in [5.41, 5.74) is 0.230. The van der Waals surface area contributed by atoms with Gasteiger partial charge in [0.25, 0.3) is 5.91 Å². The fourth-order valence-electron chi connectivity index (χ4n) is 1.47. The Morgan fingerprint density at radius 1 is 1.25 bits per heavy atom. The topological polar surface area (TPSA) is 79.3 Å². The van der Waals surface area contributed by atoms with Crippen LogP contribution in [0.2, 0.25) is 5.02 Å². The highest BCUT2D eigenvalue weighted by atomic mass is 35.5. The summed E-state index contributed by atoms with van der Waals surface area (Å²) in [5.74, 6) is -2.36. The first-order chi connectivity index (χ1) is 9.47. The van der Waals surface area contributed by atoms with Gasteiger partial charge < -0.3 is 10.4 Å². The van der Waals surface area contributed by atoms with E-state index in [9.17, 15) is 14.0 Å². The minimum atomic E-state index is -1.20. The Morgan fingerprint density at radius 2 is 2.00 bits per heavy atom. The molecule has 5 nitrogen and oxygen atoms in total. The molecular weight excluding hydrogens is 287 g/mol. The first-order valence-corrected chi connectivity index (χ1v) is 5.81. The predicted octanol–water partition coefficient (Wildman–Crippen LogP) is 2.82. The van der Waals surface area contributed by atoms with Crippen LogP contribution in [0.15, 0.2) is 36.5 Å². The molecule has 0 saturated carbocycles. The molecule has 0 aliphatic rings. The van der Waals surface area contributed by atoms with E-state index in [2.05, 4.69) is 10.3 Å². The molecule has 0 bridgehead atoms. The van der Waals surface area contributed by atoms with Gasteiger partial charge in [0.05, 0.1) is 5.02 Å². The van der Waals surface area contributed by atoms with Crippen LogP contribution in [0.25, 0.3) is 0 Å². The van der Waals surface area contributed by atoms with Crippen LogP contribution in [0.4, 0.5) is 10.1 Å². The molecule has 1 amide bonds. The number of aromatic carboxylic acids is 1. The summed E-state index contributed by atoms with van der Waals surface area (Å²) in [6, 6.07) is 6.19. The maximum atomic E-state index is 13.0. The monoisotopic (exact) mass is 294 g/mol. The van der Waals surface area contributed by atoms with E-state index >= 15 is 0 Å². The van der Waals surface area contributed by atoms with Crippen molar-refractivity contribution in [2.24, 2.45) is 0 Å². The van der Waals surface area contributed by atoms with Crippen LogP contribution in [0.3, 0.4) is 0 Å². The molecule has 7 heteroatoms. The molecule has 0 aliphatic carbocycles. The molecule has 0 fully saturated rings. The van der Waals surface area contributed by atoms with E-state index in [0.717, 1.165) is 6.07 Å². The molecule has 20 heavy (non-hydrogen) atoms. The third-order valence-corrected chi connectivity index (χ3v) is 2.71. The molecule has 0 atom stereocenters. The Morgan fingerprint density at radius 3 is 2.65 bits per heavy atom. The molecule has 0 radical (unpaired) electrons.